The lowest BCUT2D eigenvalue weighted by Gasteiger charge is -2.41. The third-order valence-electron chi connectivity index (χ3n) is 6.07. The zero-order valence-electron chi connectivity index (χ0n) is 18.9. The van der Waals surface area contributed by atoms with Crippen molar-refractivity contribution < 1.29 is 13.2 Å². The third-order valence-corrected chi connectivity index (χ3v) is 7.87. The van der Waals surface area contributed by atoms with Crippen molar-refractivity contribution in [3.63, 3.8) is 0 Å². The average molecular weight is 444 g/mol. The Hall–Kier alpha value is -2.38. The molecular formula is C24H33N3O3S. The first kappa shape index (κ1) is 23.3. The normalized spacial score (nSPS) is 15.5. The fourth-order valence-corrected chi connectivity index (χ4v) is 5.04. The number of piperidine rings is 1. The highest BCUT2D eigenvalue weighted by atomic mass is 32.2. The maximum atomic E-state index is 12.9. The number of amides is 1. The predicted molar refractivity (Wildman–Crippen MR) is 125 cm³/mol. The number of carbonyl (C=O) groups excluding carboxylic acids is 1. The van der Waals surface area contributed by atoms with Gasteiger partial charge in [-0.05, 0) is 83.1 Å². The van der Waals surface area contributed by atoms with Crippen LogP contribution in [0.5, 0.6) is 0 Å². The summed E-state index contributed by atoms with van der Waals surface area (Å²) < 4.78 is 27.0. The lowest BCUT2D eigenvalue weighted by molar-refractivity contribution is 0.0797. The Labute approximate surface area is 186 Å². The van der Waals surface area contributed by atoms with Crippen LogP contribution in [-0.2, 0) is 10.0 Å². The lowest BCUT2D eigenvalue weighted by Crippen LogP contribution is -2.53. The number of aryl methyl sites for hydroxylation is 1. The van der Waals surface area contributed by atoms with E-state index < -0.39 is 10.0 Å². The number of sulfonamides is 1. The van der Waals surface area contributed by atoms with Crippen LogP contribution in [0.4, 0.5) is 5.69 Å². The molecule has 31 heavy (non-hydrogen) atoms. The van der Waals surface area contributed by atoms with E-state index in [4.69, 9.17) is 0 Å². The molecule has 6 nitrogen and oxygen atoms in total. The smallest absolute Gasteiger partial charge is 0.264 e. The van der Waals surface area contributed by atoms with Gasteiger partial charge in [0.05, 0.1) is 10.6 Å². The molecule has 0 aliphatic carbocycles. The Kier molecular flexibility index (Phi) is 7.06. The van der Waals surface area contributed by atoms with Gasteiger partial charge in [-0.2, -0.15) is 0 Å². The van der Waals surface area contributed by atoms with Crippen molar-refractivity contribution in [2.75, 3.05) is 31.0 Å². The molecule has 7 heteroatoms. The molecule has 0 radical (unpaired) electrons. The highest BCUT2D eigenvalue weighted by Gasteiger charge is 2.28. The van der Waals surface area contributed by atoms with Gasteiger partial charge in [-0.3, -0.25) is 14.0 Å². The molecule has 168 valence electrons. The number of nitrogens with one attached hydrogen (secondary N) is 1. The maximum absolute atomic E-state index is 12.9. The van der Waals surface area contributed by atoms with Gasteiger partial charge in [0, 0.05) is 24.7 Å². The minimum Gasteiger partial charge on any atom is -0.350 e. The molecule has 1 aliphatic heterocycles. The van der Waals surface area contributed by atoms with Crippen molar-refractivity contribution >= 4 is 21.6 Å². The van der Waals surface area contributed by atoms with Crippen molar-refractivity contribution in [3.8, 4) is 0 Å². The summed E-state index contributed by atoms with van der Waals surface area (Å²) in [6.07, 6.45) is 3.69. The SMILES string of the molecule is Cc1ccc(S(=O)(=O)N(C)c2ccc(C(=O)NCC(C)(C)N3CCCCC3)cc2)cc1. The van der Waals surface area contributed by atoms with Crippen molar-refractivity contribution in [3.05, 3.63) is 59.7 Å². The first-order valence-electron chi connectivity index (χ1n) is 10.8. The van der Waals surface area contributed by atoms with Crippen molar-refractivity contribution in [2.24, 2.45) is 0 Å². The van der Waals surface area contributed by atoms with E-state index in [1.807, 2.05) is 6.92 Å². The molecule has 1 fully saturated rings. The first-order chi connectivity index (χ1) is 14.6. The van der Waals surface area contributed by atoms with Crippen LogP contribution in [0.2, 0.25) is 0 Å². The molecule has 1 aliphatic rings. The van der Waals surface area contributed by atoms with E-state index in [0.717, 1.165) is 18.7 Å². The Bertz CT molecular complexity index is 993. The van der Waals surface area contributed by atoms with Gasteiger partial charge in [0.2, 0.25) is 0 Å². The largest absolute Gasteiger partial charge is 0.350 e. The van der Waals surface area contributed by atoms with Gasteiger partial charge in [-0.15, -0.1) is 0 Å². The summed E-state index contributed by atoms with van der Waals surface area (Å²) in [6.45, 7) is 8.94. The number of hydrogen-bond donors (Lipinski definition) is 1. The van der Waals surface area contributed by atoms with E-state index in [2.05, 4.69) is 24.1 Å². The van der Waals surface area contributed by atoms with E-state index in [1.165, 1.54) is 30.6 Å². The molecule has 2 aromatic rings. The van der Waals surface area contributed by atoms with E-state index in [-0.39, 0.29) is 16.3 Å². The minimum atomic E-state index is -3.66. The van der Waals surface area contributed by atoms with Crippen molar-refractivity contribution in [1.29, 1.82) is 0 Å². The summed E-state index contributed by atoms with van der Waals surface area (Å²) >= 11 is 0. The van der Waals surface area contributed by atoms with Crippen molar-refractivity contribution in [1.82, 2.24) is 10.2 Å². The summed E-state index contributed by atoms with van der Waals surface area (Å²) in [5.41, 5.74) is 1.92. The number of likely N-dealkylation sites (tertiary alicyclic amines) is 1. The Morgan fingerprint density at radius 3 is 2.16 bits per heavy atom. The van der Waals surface area contributed by atoms with Crippen molar-refractivity contribution in [2.45, 2.75) is 50.5 Å². The standard InChI is InChI=1S/C24H33N3O3S/c1-19-8-14-22(15-9-19)31(29,30)26(4)21-12-10-20(11-13-21)23(28)25-18-24(2,3)27-16-6-5-7-17-27/h8-15H,5-7,16-18H2,1-4H3,(H,25,28). The predicted octanol–water partition coefficient (Wildman–Crippen LogP) is 3.81. The van der Waals surface area contributed by atoms with Gasteiger partial charge in [0.25, 0.3) is 15.9 Å². The molecule has 0 unspecified atom stereocenters. The van der Waals surface area contributed by atoms with Crippen LogP contribution in [0, 0.1) is 6.92 Å². The lowest BCUT2D eigenvalue weighted by atomic mass is 9.98. The number of anilines is 1. The Morgan fingerprint density at radius 2 is 1.58 bits per heavy atom. The van der Waals surface area contributed by atoms with Gasteiger partial charge < -0.3 is 5.32 Å². The summed E-state index contributed by atoms with van der Waals surface area (Å²) in [4.78, 5) is 15.3. The van der Waals surface area contributed by atoms with Crippen LogP contribution in [0.25, 0.3) is 0 Å². The topological polar surface area (TPSA) is 69.7 Å². The van der Waals surface area contributed by atoms with E-state index >= 15 is 0 Å². The molecule has 1 N–H and O–H groups in total. The first-order valence-corrected chi connectivity index (χ1v) is 12.2. The van der Waals surface area contributed by atoms with E-state index in [0.29, 0.717) is 17.8 Å². The third kappa shape index (κ3) is 5.46. The summed E-state index contributed by atoms with van der Waals surface area (Å²) in [7, 11) is -2.14. The molecule has 1 saturated heterocycles. The fraction of sp³-hybridized carbons (Fsp3) is 0.458. The monoisotopic (exact) mass is 443 g/mol. The van der Waals surface area contributed by atoms with Gasteiger partial charge in [-0.1, -0.05) is 24.1 Å². The number of benzene rings is 2. The highest BCUT2D eigenvalue weighted by molar-refractivity contribution is 7.92. The quantitative estimate of drug-likeness (QED) is 0.706. The van der Waals surface area contributed by atoms with Gasteiger partial charge in [0.15, 0.2) is 0 Å². The number of carbonyl (C=O) groups is 1. The number of hydrogen-bond acceptors (Lipinski definition) is 4. The Morgan fingerprint density at radius 1 is 1.00 bits per heavy atom. The zero-order valence-corrected chi connectivity index (χ0v) is 19.7. The highest BCUT2D eigenvalue weighted by Crippen LogP contribution is 2.23. The van der Waals surface area contributed by atoms with Gasteiger partial charge in [0.1, 0.15) is 0 Å². The number of nitrogens with zero attached hydrogens (tertiary/aromatic N) is 2. The zero-order chi connectivity index (χ0) is 22.6. The Balaban J connectivity index is 1.65. The van der Waals surface area contributed by atoms with Crippen LogP contribution in [0.1, 0.15) is 49.0 Å². The maximum Gasteiger partial charge on any atom is 0.264 e. The molecule has 2 aromatic carbocycles. The van der Waals surface area contributed by atoms with Gasteiger partial charge >= 0.3 is 0 Å². The fourth-order valence-electron chi connectivity index (χ4n) is 3.84. The van der Waals surface area contributed by atoms with Crippen LogP contribution in [0.3, 0.4) is 0 Å². The van der Waals surface area contributed by atoms with Gasteiger partial charge in [-0.25, -0.2) is 8.42 Å². The average Bonchev–Trinajstić information content (AvgIpc) is 2.78. The molecule has 0 aromatic heterocycles. The molecule has 1 amide bonds. The van der Waals surface area contributed by atoms with Crippen LogP contribution < -0.4 is 9.62 Å². The summed E-state index contributed by atoms with van der Waals surface area (Å²) in [5, 5.41) is 3.03. The molecule has 0 spiro atoms. The van der Waals surface area contributed by atoms with E-state index in [9.17, 15) is 13.2 Å². The molecular weight excluding hydrogens is 410 g/mol. The van der Waals surface area contributed by atoms with Crippen LogP contribution >= 0.6 is 0 Å². The summed E-state index contributed by atoms with van der Waals surface area (Å²) in [5.74, 6) is -0.152. The second-order valence-corrected chi connectivity index (χ2v) is 10.8. The summed E-state index contributed by atoms with van der Waals surface area (Å²) in [6, 6.07) is 13.4. The second kappa shape index (κ2) is 9.40. The minimum absolute atomic E-state index is 0.0989. The molecule has 0 atom stereocenters. The molecule has 1 heterocycles. The van der Waals surface area contributed by atoms with Crippen LogP contribution in [-0.4, -0.2) is 51.4 Å². The van der Waals surface area contributed by atoms with E-state index in [1.54, 1.807) is 48.5 Å². The van der Waals surface area contributed by atoms with Crippen LogP contribution in [0.15, 0.2) is 53.4 Å². The number of rotatable bonds is 7. The molecule has 3 rings (SSSR count). The molecule has 0 bridgehead atoms. The second-order valence-electron chi connectivity index (χ2n) is 8.88. The molecule has 0 saturated carbocycles.